The zero-order chi connectivity index (χ0) is 87.6. The summed E-state index contributed by atoms with van der Waals surface area (Å²) in [5.74, 6) is -5.56. The molecule has 0 bridgehead atoms. The zero-order valence-electron chi connectivity index (χ0n) is 67.6. The monoisotopic (exact) mass is 1740 g/mol. The van der Waals surface area contributed by atoms with Gasteiger partial charge in [-0.2, -0.15) is 0 Å². The molecule has 22 atom stereocenters. The van der Waals surface area contributed by atoms with Gasteiger partial charge in [0.1, 0.15) is 114 Å². The minimum Gasteiger partial charge on any atom is -0.394 e. The summed E-state index contributed by atoms with van der Waals surface area (Å²) in [5.41, 5.74) is -2.48. The van der Waals surface area contributed by atoms with Gasteiger partial charge in [0.2, 0.25) is 43.0 Å². The number of aliphatic hydroxyl groups excluding tert-OH is 10. The van der Waals surface area contributed by atoms with Crippen LogP contribution < -0.4 is 26.6 Å². The molecule has 5 saturated heterocycles. The van der Waals surface area contributed by atoms with Crippen molar-refractivity contribution in [2.45, 2.75) is 284 Å². The number of carbonyl (C=O) groups is 11. The third kappa shape index (κ3) is 35.5. The van der Waals surface area contributed by atoms with Crippen molar-refractivity contribution < 1.29 is 179 Å². The van der Waals surface area contributed by atoms with Crippen molar-refractivity contribution in [1.82, 2.24) is 31.5 Å². The first-order valence-corrected chi connectivity index (χ1v) is 42.9. The fourth-order valence-corrected chi connectivity index (χ4v) is 15.1. The summed E-state index contributed by atoms with van der Waals surface area (Å²) in [5, 5.41) is 115. The fourth-order valence-electron chi connectivity index (χ4n) is 13.3. The molecule has 0 saturated carbocycles. The van der Waals surface area contributed by atoms with E-state index in [4.69, 9.17) is 60.9 Å². The number of nitrogens with zero attached hydrogens (tertiary/aromatic N) is 1. The third-order valence-corrected chi connectivity index (χ3v) is 22.8. The number of Topliss-reactive ketones (excluding diaryl/α,β-unsaturated/α-hetero) is 5. The van der Waals surface area contributed by atoms with Gasteiger partial charge in [-0.3, -0.25) is 57.3 Å². The van der Waals surface area contributed by atoms with Crippen molar-refractivity contribution in [2.75, 3.05) is 106 Å². The van der Waals surface area contributed by atoms with Gasteiger partial charge < -0.3 is 153 Å². The molecule has 17 N–H and O–H groups in total. The van der Waals surface area contributed by atoms with Crippen LogP contribution in [0.5, 0.6) is 0 Å². The molecule has 45 heteroatoms. The second-order valence-electron chi connectivity index (χ2n) is 30.2. The van der Waals surface area contributed by atoms with Crippen LogP contribution in [0.3, 0.4) is 0 Å². The normalized spacial score (nSPS) is 29.4. The molecule has 678 valence electrons. The maximum atomic E-state index is 14.4. The largest absolute Gasteiger partial charge is 0.394 e. The molecule has 43 nitrogen and oxygen atoms in total. The smallest absolute Gasteiger partial charge is 0.330 e. The van der Waals surface area contributed by atoms with Gasteiger partial charge in [0.25, 0.3) is 0 Å². The van der Waals surface area contributed by atoms with Crippen LogP contribution in [0.1, 0.15) is 151 Å². The second-order valence-corrected chi connectivity index (χ2v) is 34.4. The van der Waals surface area contributed by atoms with Crippen LogP contribution in [0, 0.1) is 0 Å². The Morgan fingerprint density at radius 3 is 1.29 bits per heavy atom. The Labute approximate surface area is 683 Å². The lowest BCUT2D eigenvalue weighted by Crippen LogP contribution is -2.64. The molecule has 8 unspecified atom stereocenters. The molecule has 5 fully saturated rings. The first-order valence-electron chi connectivity index (χ1n) is 39.5. The topological polar surface area (TPSA) is 631 Å². The highest BCUT2D eigenvalue weighted by molar-refractivity contribution is 7.58. The number of rotatable bonds is 57. The molecule has 0 aromatic heterocycles. The minimum absolute atomic E-state index is 0.0258. The standard InChI is InChI=1S/C73H124N6O37P2/c1-41(2)118(102,103)111-37-57-53(30-42(3)112-57)116-117(7,101)110-36-46-31-52(91)32-79(46)60(94)15-14-59(93)78-73(38-104-24-17-47(86)10-8-12-49(88)19-27-107-70-61(75-43(4)83)67(98)64(95)54(33-80)113-70,39-105-25-18-48(87)11-9-13-50(89)20-28-108-71-62(76-44(5)84)68(99)65(96)55(34-81)114-71)40-106-26-22-58(92)74-23-16-51(90)21-29-109-72-63(77-45(6)85)69(100)66(97)56(35-82)115-72/h41-42,46,52-57,61-72,80-82,91,95-101H,7-40H2,1-6H3,(H,74,92)(H,75,83)(H,76,84)(H,77,85)(H,78,93)(H,102,103)/t42-,46-,52+,53-,54?,55?,56?,57+,61?,62?,63?,64-,65-,66-,67+,68+,69+,70+,71+,72+,73?,117?/m0/s1. The zero-order valence-corrected chi connectivity index (χ0v) is 69.4. The number of likely N-dealkylation sites (tertiary alicyclic amines) is 1. The van der Waals surface area contributed by atoms with E-state index >= 15 is 0 Å². The van der Waals surface area contributed by atoms with E-state index < -0.39 is 249 Å². The molecular weight excluding hydrogens is 1610 g/mol. The lowest BCUT2D eigenvalue weighted by molar-refractivity contribution is -0.269. The number of carbonyl (C=O) groups excluding carboxylic acids is 11. The number of amides is 6. The number of β-amino-alcohol motifs (C(OH)–C–C–N with tert-alkyl or cyclic N) is 1. The van der Waals surface area contributed by atoms with Gasteiger partial charge in [0, 0.05) is 124 Å². The van der Waals surface area contributed by atoms with Gasteiger partial charge in [-0.05, 0) is 32.5 Å². The third-order valence-electron chi connectivity index (χ3n) is 19.9. The highest BCUT2D eigenvalue weighted by atomic mass is 31.2. The predicted octanol–water partition coefficient (Wildman–Crippen LogP) is -5.08. The first-order chi connectivity index (χ1) is 55.7. The molecule has 118 heavy (non-hydrogen) atoms. The van der Waals surface area contributed by atoms with Gasteiger partial charge in [0.05, 0.1) is 123 Å². The SMILES string of the molecule is C=P(O)(OC[C@@H]1C[C@@H](O)CN1C(=O)CCC(=O)NC(COCCC(=O)CCCC(=O)CCO[C@@H]1OC(CO)[C@H](O)[C@H](O)C1NC(C)=O)(COCCC(=O)CCCC(=O)CCO[C@@H]1OC(CO)[C@H](O)[C@H](O)C1NC(C)=O)COCCC(=O)NCCC(=O)CCO[C@@H]1OC(CO)[C@H](O)[C@H](O)C1NC(C)=O)O[C@H]1C[C@H](C)O[C@@H]1COP(=O)(O)C(C)C. The van der Waals surface area contributed by atoms with Crippen molar-refractivity contribution in [1.29, 1.82) is 0 Å². The molecule has 6 amide bonds. The number of ketones is 5. The molecule has 5 aliphatic heterocycles. The van der Waals surface area contributed by atoms with E-state index in [1.807, 2.05) is 0 Å². The maximum absolute atomic E-state index is 14.4. The Morgan fingerprint density at radius 1 is 0.492 bits per heavy atom. The summed E-state index contributed by atoms with van der Waals surface area (Å²) >= 11 is 0. The van der Waals surface area contributed by atoms with Gasteiger partial charge in [-0.1, -0.05) is 13.8 Å². The van der Waals surface area contributed by atoms with Gasteiger partial charge in [0.15, 0.2) is 18.9 Å². The molecule has 5 aliphatic rings. The van der Waals surface area contributed by atoms with Crippen LogP contribution >= 0.6 is 15.2 Å². The molecule has 5 rings (SSSR count). The summed E-state index contributed by atoms with van der Waals surface area (Å²) in [6.45, 7) is 1.79. The van der Waals surface area contributed by atoms with Crippen LogP contribution in [-0.4, -0.2) is 376 Å². The van der Waals surface area contributed by atoms with Gasteiger partial charge >= 0.3 is 7.60 Å². The molecule has 0 spiro atoms. The first kappa shape index (κ1) is 103. The van der Waals surface area contributed by atoms with Crippen LogP contribution in [0.4, 0.5) is 0 Å². The van der Waals surface area contributed by atoms with Crippen molar-refractivity contribution in [3.63, 3.8) is 0 Å². The average Bonchev–Trinajstić information content (AvgIpc) is 1.28. The Kier molecular flexibility index (Phi) is 45.2. The van der Waals surface area contributed by atoms with Crippen molar-refractivity contribution in [2.24, 2.45) is 0 Å². The van der Waals surface area contributed by atoms with Gasteiger partial charge in [-0.15, -0.1) is 0 Å². The number of hydrogen-bond donors (Lipinski definition) is 17. The number of hydrogen-bond acceptors (Lipinski definition) is 36. The molecule has 0 aliphatic carbocycles. The van der Waals surface area contributed by atoms with E-state index in [2.05, 4.69) is 32.9 Å². The fraction of sp³-hybridized carbons (Fsp3) is 0.836. The van der Waals surface area contributed by atoms with Gasteiger partial charge in [-0.25, -0.2) is 0 Å². The van der Waals surface area contributed by atoms with E-state index in [9.17, 15) is 118 Å². The number of nitrogens with one attached hydrogen (secondary N) is 5. The lowest BCUT2D eigenvalue weighted by atomic mass is 9.97. The summed E-state index contributed by atoms with van der Waals surface area (Å²) in [6, 6.07) is -4.61. The average molecular weight is 1740 g/mol. The molecule has 0 radical (unpaired) electrons. The predicted molar refractivity (Wildman–Crippen MR) is 408 cm³/mol. The van der Waals surface area contributed by atoms with Crippen molar-refractivity contribution in [3.8, 4) is 0 Å². The Morgan fingerprint density at radius 2 is 0.890 bits per heavy atom. The molecular formula is C73H124N6O37P2. The van der Waals surface area contributed by atoms with E-state index in [1.165, 1.54) is 18.7 Å². The number of ether oxygens (including phenoxy) is 10. The van der Waals surface area contributed by atoms with Crippen molar-refractivity contribution >= 4 is 85.8 Å². The Bertz CT molecular complexity index is 3090. The molecule has 5 heterocycles. The van der Waals surface area contributed by atoms with E-state index in [0.29, 0.717) is 0 Å². The quantitative estimate of drug-likeness (QED) is 0.0200. The summed E-state index contributed by atoms with van der Waals surface area (Å²) in [4.78, 5) is 166. The summed E-state index contributed by atoms with van der Waals surface area (Å²) < 4.78 is 87.1. The van der Waals surface area contributed by atoms with E-state index in [-0.39, 0.29) is 179 Å². The summed E-state index contributed by atoms with van der Waals surface area (Å²) in [6.07, 6.45) is -19.4. The Hall–Kier alpha value is -5.30. The highest BCUT2D eigenvalue weighted by Crippen LogP contribution is 2.50. The van der Waals surface area contributed by atoms with Crippen LogP contribution in [-0.2, 0) is 118 Å². The minimum atomic E-state index is -4.02. The van der Waals surface area contributed by atoms with E-state index in [0.717, 1.165) is 20.8 Å². The van der Waals surface area contributed by atoms with Crippen LogP contribution in [0.15, 0.2) is 0 Å². The Balaban J connectivity index is 1.26. The van der Waals surface area contributed by atoms with E-state index in [1.54, 1.807) is 6.92 Å². The second kappa shape index (κ2) is 51.7. The maximum Gasteiger partial charge on any atom is 0.330 e. The number of aliphatic hydroxyl groups is 10. The molecule has 0 aromatic rings. The summed E-state index contributed by atoms with van der Waals surface area (Å²) in [7, 11) is -8.00. The molecule has 0 aromatic carbocycles. The van der Waals surface area contributed by atoms with Crippen molar-refractivity contribution in [3.05, 3.63) is 0 Å². The van der Waals surface area contributed by atoms with Crippen LogP contribution in [0.25, 0.3) is 0 Å². The lowest BCUT2D eigenvalue weighted by Gasteiger charge is -2.42. The van der Waals surface area contributed by atoms with Crippen LogP contribution in [0.2, 0.25) is 0 Å². The highest BCUT2D eigenvalue weighted by Gasteiger charge is 2.49.